The fraction of sp³-hybridized carbons (Fsp3) is 0.562. The van der Waals surface area contributed by atoms with Crippen LogP contribution in [0.4, 0.5) is 15.8 Å². The van der Waals surface area contributed by atoms with Crippen molar-refractivity contribution in [3.8, 4) is 0 Å². The molecule has 0 bridgehead atoms. The zero-order valence-electron chi connectivity index (χ0n) is 12.7. The number of rotatable bonds is 5. The van der Waals surface area contributed by atoms with Crippen LogP contribution in [0.25, 0.3) is 0 Å². The maximum absolute atomic E-state index is 13.6. The van der Waals surface area contributed by atoms with Crippen LogP contribution in [-0.4, -0.2) is 30.4 Å². The van der Waals surface area contributed by atoms with E-state index in [-0.39, 0.29) is 17.6 Å². The fourth-order valence-electron chi connectivity index (χ4n) is 2.83. The number of halogens is 1. The van der Waals surface area contributed by atoms with E-state index in [0.29, 0.717) is 11.6 Å². The van der Waals surface area contributed by atoms with Gasteiger partial charge in [0.15, 0.2) is 0 Å². The Balaban J connectivity index is 1.93. The molecule has 4 nitrogen and oxygen atoms in total. The van der Waals surface area contributed by atoms with Gasteiger partial charge >= 0.3 is 0 Å². The number of likely N-dealkylation sites (N-methyl/N-ethyl adjacent to an activating group) is 1. The van der Waals surface area contributed by atoms with Crippen LogP contribution in [0, 0.1) is 11.7 Å². The lowest BCUT2D eigenvalue weighted by Gasteiger charge is -2.26. The smallest absolute Gasteiger partial charge is 0.241 e. The molecule has 1 fully saturated rings. The van der Waals surface area contributed by atoms with Crippen molar-refractivity contribution in [3.63, 3.8) is 0 Å². The van der Waals surface area contributed by atoms with Gasteiger partial charge in [-0.3, -0.25) is 9.69 Å². The number of hydrogen-bond acceptors (Lipinski definition) is 3. The second kappa shape index (κ2) is 6.89. The van der Waals surface area contributed by atoms with Crippen LogP contribution in [0.3, 0.4) is 0 Å². The molecule has 1 aromatic carbocycles. The zero-order chi connectivity index (χ0) is 15.4. The highest BCUT2D eigenvalue weighted by molar-refractivity contribution is 5.95. The summed E-state index contributed by atoms with van der Waals surface area (Å²) in [5.74, 6) is -0.00227. The van der Waals surface area contributed by atoms with Gasteiger partial charge in [0.2, 0.25) is 5.91 Å². The summed E-state index contributed by atoms with van der Waals surface area (Å²) in [7, 11) is 1.94. The monoisotopic (exact) mass is 293 g/mol. The highest BCUT2D eigenvalue weighted by Gasteiger charge is 2.23. The topological polar surface area (TPSA) is 58.4 Å². The van der Waals surface area contributed by atoms with Crippen molar-refractivity contribution in [2.24, 2.45) is 5.92 Å². The summed E-state index contributed by atoms with van der Waals surface area (Å²) in [4.78, 5) is 14.3. The van der Waals surface area contributed by atoms with Crippen LogP contribution in [0.15, 0.2) is 18.2 Å². The maximum atomic E-state index is 13.6. The third-order valence-corrected chi connectivity index (χ3v) is 4.31. The van der Waals surface area contributed by atoms with E-state index in [1.165, 1.54) is 43.9 Å². The molecule has 1 aliphatic carbocycles. The first-order chi connectivity index (χ1) is 9.97. The lowest BCUT2D eigenvalue weighted by molar-refractivity contribution is -0.120. The molecule has 2 rings (SSSR count). The molecule has 116 valence electrons. The molecule has 0 spiro atoms. The highest BCUT2D eigenvalue weighted by Crippen LogP contribution is 2.26. The van der Waals surface area contributed by atoms with E-state index < -0.39 is 5.82 Å². The molecule has 0 heterocycles. The number of benzene rings is 1. The molecule has 1 unspecified atom stereocenters. The minimum Gasteiger partial charge on any atom is -0.399 e. The van der Waals surface area contributed by atoms with E-state index in [2.05, 4.69) is 5.32 Å². The molecule has 5 heteroatoms. The van der Waals surface area contributed by atoms with Gasteiger partial charge in [0.1, 0.15) is 5.82 Å². The minimum absolute atomic E-state index is 0.140. The van der Waals surface area contributed by atoms with Crippen molar-refractivity contribution in [2.45, 2.75) is 38.6 Å². The normalized spacial score (nSPS) is 17.1. The van der Waals surface area contributed by atoms with Gasteiger partial charge in [0.05, 0.1) is 11.7 Å². The number of hydrogen-bond donors (Lipinski definition) is 2. The SMILES string of the molecule is CC(C(=O)Nc1cc(N)ccc1F)N(C)CC1CCCC1. The molecule has 0 aliphatic heterocycles. The lowest BCUT2D eigenvalue weighted by Crippen LogP contribution is -2.41. The van der Waals surface area contributed by atoms with E-state index in [1.54, 1.807) is 0 Å². The molecule has 1 amide bonds. The van der Waals surface area contributed by atoms with Gasteiger partial charge in [-0.25, -0.2) is 4.39 Å². The summed E-state index contributed by atoms with van der Waals surface area (Å²) in [6.45, 7) is 2.75. The van der Waals surface area contributed by atoms with Gasteiger partial charge in [0, 0.05) is 12.2 Å². The van der Waals surface area contributed by atoms with Crippen LogP contribution < -0.4 is 11.1 Å². The van der Waals surface area contributed by atoms with E-state index in [9.17, 15) is 9.18 Å². The molecule has 1 saturated carbocycles. The van der Waals surface area contributed by atoms with Gasteiger partial charge in [-0.05, 0) is 50.9 Å². The number of amides is 1. The molecule has 0 radical (unpaired) electrons. The van der Waals surface area contributed by atoms with Crippen molar-refractivity contribution in [3.05, 3.63) is 24.0 Å². The lowest BCUT2D eigenvalue weighted by atomic mass is 10.1. The predicted octanol–water partition coefficient (Wildman–Crippen LogP) is 2.86. The highest BCUT2D eigenvalue weighted by atomic mass is 19.1. The Labute approximate surface area is 125 Å². The molecule has 1 aromatic rings. The predicted molar refractivity (Wildman–Crippen MR) is 83.5 cm³/mol. The Morgan fingerprint density at radius 3 is 2.81 bits per heavy atom. The van der Waals surface area contributed by atoms with Gasteiger partial charge < -0.3 is 11.1 Å². The number of carbonyl (C=O) groups excluding carboxylic acids is 1. The summed E-state index contributed by atoms with van der Waals surface area (Å²) >= 11 is 0. The van der Waals surface area contributed by atoms with E-state index >= 15 is 0 Å². The zero-order valence-corrected chi connectivity index (χ0v) is 12.7. The van der Waals surface area contributed by atoms with E-state index in [1.807, 2.05) is 18.9 Å². The number of nitrogens with two attached hydrogens (primary N) is 1. The number of nitrogen functional groups attached to an aromatic ring is 1. The quantitative estimate of drug-likeness (QED) is 0.821. The van der Waals surface area contributed by atoms with Gasteiger partial charge in [0.25, 0.3) is 0 Å². The minimum atomic E-state index is -0.469. The van der Waals surface area contributed by atoms with Crippen molar-refractivity contribution in [2.75, 3.05) is 24.6 Å². The summed E-state index contributed by atoms with van der Waals surface area (Å²) in [5.41, 5.74) is 6.19. The second-order valence-electron chi connectivity index (χ2n) is 5.99. The summed E-state index contributed by atoms with van der Waals surface area (Å²) in [5, 5.41) is 2.62. The second-order valence-corrected chi connectivity index (χ2v) is 5.99. The maximum Gasteiger partial charge on any atom is 0.241 e. The first-order valence-electron chi connectivity index (χ1n) is 7.53. The molecular formula is C16H24FN3O. The number of nitrogens with zero attached hydrogens (tertiary/aromatic N) is 1. The number of anilines is 2. The van der Waals surface area contributed by atoms with E-state index in [4.69, 9.17) is 5.73 Å². The van der Waals surface area contributed by atoms with Crippen molar-refractivity contribution in [1.29, 1.82) is 0 Å². The molecule has 3 N–H and O–H groups in total. The van der Waals surface area contributed by atoms with Crippen molar-refractivity contribution < 1.29 is 9.18 Å². The van der Waals surface area contributed by atoms with Crippen LogP contribution in [0.1, 0.15) is 32.6 Å². The van der Waals surface area contributed by atoms with Gasteiger partial charge in [-0.1, -0.05) is 12.8 Å². The Hall–Kier alpha value is -1.62. The molecule has 0 saturated heterocycles. The molecule has 21 heavy (non-hydrogen) atoms. The number of carbonyl (C=O) groups is 1. The van der Waals surface area contributed by atoms with Crippen LogP contribution in [0.5, 0.6) is 0 Å². The van der Waals surface area contributed by atoms with Crippen molar-refractivity contribution in [1.82, 2.24) is 4.90 Å². The average Bonchev–Trinajstić information content (AvgIpc) is 2.94. The standard InChI is InChI=1S/C16H24FN3O/c1-11(20(2)10-12-5-3-4-6-12)16(21)19-15-9-13(18)7-8-14(15)17/h7-9,11-12H,3-6,10,18H2,1-2H3,(H,19,21). The molecule has 0 aromatic heterocycles. The van der Waals surface area contributed by atoms with Gasteiger partial charge in [-0.2, -0.15) is 0 Å². The number of nitrogens with one attached hydrogen (secondary N) is 1. The molecular weight excluding hydrogens is 269 g/mol. The average molecular weight is 293 g/mol. The largest absolute Gasteiger partial charge is 0.399 e. The Morgan fingerprint density at radius 1 is 1.48 bits per heavy atom. The van der Waals surface area contributed by atoms with Crippen LogP contribution >= 0.6 is 0 Å². The third-order valence-electron chi connectivity index (χ3n) is 4.31. The van der Waals surface area contributed by atoms with Crippen LogP contribution in [-0.2, 0) is 4.79 Å². The summed E-state index contributed by atoms with van der Waals surface area (Å²) in [6, 6.07) is 3.88. The van der Waals surface area contributed by atoms with Crippen molar-refractivity contribution >= 4 is 17.3 Å². The van der Waals surface area contributed by atoms with Gasteiger partial charge in [-0.15, -0.1) is 0 Å². The fourth-order valence-corrected chi connectivity index (χ4v) is 2.83. The van der Waals surface area contributed by atoms with E-state index in [0.717, 1.165) is 6.54 Å². The Bertz CT molecular complexity index is 500. The summed E-state index contributed by atoms with van der Waals surface area (Å²) < 4.78 is 13.6. The molecule has 1 aliphatic rings. The first-order valence-corrected chi connectivity index (χ1v) is 7.53. The Kier molecular flexibility index (Phi) is 5.17. The van der Waals surface area contributed by atoms with Crippen LogP contribution in [0.2, 0.25) is 0 Å². The molecule has 1 atom stereocenters. The Morgan fingerprint density at radius 2 is 2.14 bits per heavy atom. The summed E-state index contributed by atoms with van der Waals surface area (Å²) in [6.07, 6.45) is 5.05. The third kappa shape index (κ3) is 4.17. The first kappa shape index (κ1) is 15.8.